The SMILES string of the molecule is CN(CC1CC(O)C1)c1ccc(Br)cc1C(F)(F)F. The van der Waals surface area contributed by atoms with Crippen molar-refractivity contribution in [2.45, 2.75) is 25.1 Å². The van der Waals surface area contributed by atoms with Gasteiger partial charge in [-0.2, -0.15) is 13.2 Å². The highest BCUT2D eigenvalue weighted by Crippen LogP contribution is 2.39. The average Bonchev–Trinajstić information content (AvgIpc) is 2.25. The van der Waals surface area contributed by atoms with Gasteiger partial charge in [0.2, 0.25) is 0 Å². The molecule has 2 nitrogen and oxygen atoms in total. The first-order valence-corrected chi connectivity index (χ1v) is 6.82. The number of anilines is 1. The molecule has 0 bridgehead atoms. The second-order valence-corrected chi connectivity index (χ2v) is 5.95. The van der Waals surface area contributed by atoms with E-state index in [1.807, 2.05) is 0 Å². The van der Waals surface area contributed by atoms with Crippen LogP contribution in [0.15, 0.2) is 22.7 Å². The fourth-order valence-corrected chi connectivity index (χ4v) is 2.76. The Hall–Kier alpha value is -0.750. The van der Waals surface area contributed by atoms with E-state index in [9.17, 15) is 18.3 Å². The Morgan fingerprint density at radius 1 is 1.37 bits per heavy atom. The quantitative estimate of drug-likeness (QED) is 0.909. The molecular weight excluding hydrogens is 323 g/mol. The zero-order valence-electron chi connectivity index (χ0n) is 10.4. The van der Waals surface area contributed by atoms with Crippen molar-refractivity contribution < 1.29 is 18.3 Å². The Kier molecular flexibility index (Phi) is 4.11. The van der Waals surface area contributed by atoms with Crippen LogP contribution >= 0.6 is 15.9 Å². The highest BCUT2D eigenvalue weighted by molar-refractivity contribution is 9.10. The molecule has 2 rings (SSSR count). The zero-order valence-corrected chi connectivity index (χ0v) is 12.0. The van der Waals surface area contributed by atoms with E-state index >= 15 is 0 Å². The second-order valence-electron chi connectivity index (χ2n) is 5.03. The molecule has 0 heterocycles. The summed E-state index contributed by atoms with van der Waals surface area (Å²) in [7, 11) is 1.66. The summed E-state index contributed by atoms with van der Waals surface area (Å²) in [5.74, 6) is 0.268. The molecule has 1 saturated carbocycles. The molecule has 1 aromatic carbocycles. The van der Waals surface area contributed by atoms with E-state index < -0.39 is 11.7 Å². The van der Waals surface area contributed by atoms with Gasteiger partial charge in [0, 0.05) is 23.8 Å². The third-order valence-corrected chi connectivity index (χ3v) is 3.91. The second kappa shape index (κ2) is 5.32. The number of nitrogens with zero attached hydrogens (tertiary/aromatic N) is 1. The predicted molar refractivity (Wildman–Crippen MR) is 71.1 cm³/mol. The molecule has 0 spiro atoms. The van der Waals surface area contributed by atoms with Crippen LogP contribution < -0.4 is 4.90 Å². The molecule has 106 valence electrons. The molecule has 0 amide bonds. The summed E-state index contributed by atoms with van der Waals surface area (Å²) in [6, 6.07) is 4.18. The zero-order chi connectivity index (χ0) is 14.2. The number of hydrogen-bond acceptors (Lipinski definition) is 2. The van der Waals surface area contributed by atoms with Crippen LogP contribution in [0, 0.1) is 5.92 Å². The largest absolute Gasteiger partial charge is 0.418 e. The maximum atomic E-state index is 13.0. The van der Waals surface area contributed by atoms with Crippen molar-refractivity contribution in [2.24, 2.45) is 5.92 Å². The fraction of sp³-hybridized carbons (Fsp3) is 0.538. The Bertz CT molecular complexity index is 458. The van der Waals surface area contributed by atoms with Gasteiger partial charge in [-0.3, -0.25) is 0 Å². The number of aliphatic hydroxyl groups excluding tert-OH is 1. The molecule has 6 heteroatoms. The third kappa shape index (κ3) is 3.42. The van der Waals surface area contributed by atoms with Crippen molar-refractivity contribution in [3.05, 3.63) is 28.2 Å². The van der Waals surface area contributed by atoms with Crippen LogP contribution in [-0.4, -0.2) is 24.8 Å². The standard InChI is InChI=1S/C13H15BrF3NO/c1-18(7-8-4-10(19)5-8)12-3-2-9(14)6-11(12)13(15,16)17/h2-3,6,8,10,19H,4-5,7H2,1H3. The molecule has 0 unspecified atom stereocenters. The molecule has 0 aromatic heterocycles. The molecule has 1 fully saturated rings. The van der Waals surface area contributed by atoms with Gasteiger partial charge in [0.05, 0.1) is 11.7 Å². The summed E-state index contributed by atoms with van der Waals surface area (Å²) in [6.45, 7) is 0.530. The van der Waals surface area contributed by atoms with Gasteiger partial charge in [-0.05, 0) is 37.0 Å². The van der Waals surface area contributed by atoms with Crippen molar-refractivity contribution in [2.75, 3.05) is 18.5 Å². The summed E-state index contributed by atoms with van der Waals surface area (Å²) in [4.78, 5) is 1.62. The van der Waals surface area contributed by atoms with E-state index in [0.29, 0.717) is 23.9 Å². The van der Waals surface area contributed by atoms with Gasteiger partial charge in [0.15, 0.2) is 0 Å². The van der Waals surface area contributed by atoms with Crippen LogP contribution in [-0.2, 0) is 6.18 Å². The van der Waals surface area contributed by atoms with Crippen LogP contribution in [0.25, 0.3) is 0 Å². The molecule has 1 aromatic rings. The maximum Gasteiger partial charge on any atom is 0.418 e. The van der Waals surface area contributed by atoms with Crippen molar-refractivity contribution >= 4 is 21.6 Å². The number of alkyl halides is 3. The summed E-state index contributed by atoms with van der Waals surface area (Å²) >= 11 is 3.07. The molecule has 0 radical (unpaired) electrons. The van der Waals surface area contributed by atoms with E-state index in [1.165, 1.54) is 6.07 Å². The minimum absolute atomic E-state index is 0.178. The van der Waals surface area contributed by atoms with Gasteiger partial charge in [-0.25, -0.2) is 0 Å². The number of halogens is 4. The summed E-state index contributed by atoms with van der Waals surface area (Å²) < 4.78 is 39.4. The number of aliphatic hydroxyl groups is 1. The van der Waals surface area contributed by atoms with Crippen molar-refractivity contribution in [3.8, 4) is 0 Å². The van der Waals surface area contributed by atoms with Crippen LogP contribution in [0.4, 0.5) is 18.9 Å². The third-order valence-electron chi connectivity index (χ3n) is 3.42. The van der Waals surface area contributed by atoms with Gasteiger partial charge in [-0.1, -0.05) is 15.9 Å². The van der Waals surface area contributed by atoms with Crippen molar-refractivity contribution in [1.29, 1.82) is 0 Å². The van der Waals surface area contributed by atoms with Crippen LogP contribution in [0.1, 0.15) is 18.4 Å². The van der Waals surface area contributed by atoms with E-state index in [2.05, 4.69) is 15.9 Å². The smallest absolute Gasteiger partial charge is 0.393 e. The molecule has 1 aliphatic rings. The van der Waals surface area contributed by atoms with Crippen LogP contribution in [0.2, 0.25) is 0 Å². The molecule has 0 atom stereocenters. The number of benzene rings is 1. The Morgan fingerprint density at radius 3 is 2.53 bits per heavy atom. The molecule has 1 N–H and O–H groups in total. The summed E-state index contributed by atoms with van der Waals surface area (Å²) in [5.41, 5.74) is -0.457. The first-order chi connectivity index (χ1) is 8.77. The lowest BCUT2D eigenvalue weighted by Crippen LogP contribution is -2.37. The maximum absolute atomic E-state index is 13.0. The van der Waals surface area contributed by atoms with E-state index in [-0.39, 0.29) is 17.7 Å². The molecule has 0 aliphatic heterocycles. The number of rotatable bonds is 3. The highest BCUT2D eigenvalue weighted by Gasteiger charge is 2.35. The fourth-order valence-electron chi connectivity index (χ4n) is 2.40. The lowest BCUT2D eigenvalue weighted by Gasteiger charge is -2.36. The van der Waals surface area contributed by atoms with Crippen molar-refractivity contribution in [3.63, 3.8) is 0 Å². The van der Waals surface area contributed by atoms with Crippen LogP contribution in [0.5, 0.6) is 0 Å². The van der Waals surface area contributed by atoms with Gasteiger partial charge < -0.3 is 10.0 Å². The molecule has 0 saturated heterocycles. The van der Waals surface area contributed by atoms with E-state index in [1.54, 1.807) is 18.0 Å². The molecule has 19 heavy (non-hydrogen) atoms. The van der Waals surface area contributed by atoms with E-state index in [0.717, 1.165) is 6.07 Å². The van der Waals surface area contributed by atoms with Gasteiger partial charge >= 0.3 is 6.18 Å². The predicted octanol–water partition coefficient (Wildman–Crippen LogP) is 3.68. The Balaban J connectivity index is 2.18. The Morgan fingerprint density at radius 2 is 2.00 bits per heavy atom. The topological polar surface area (TPSA) is 23.5 Å². The molecule has 1 aliphatic carbocycles. The van der Waals surface area contributed by atoms with Crippen molar-refractivity contribution in [1.82, 2.24) is 0 Å². The number of hydrogen-bond donors (Lipinski definition) is 1. The normalized spacial score (nSPS) is 23.1. The highest BCUT2D eigenvalue weighted by atomic mass is 79.9. The summed E-state index contributed by atoms with van der Waals surface area (Å²) in [6.07, 6.45) is -3.32. The first-order valence-electron chi connectivity index (χ1n) is 6.03. The van der Waals surface area contributed by atoms with Gasteiger partial charge in [0.1, 0.15) is 0 Å². The van der Waals surface area contributed by atoms with Gasteiger partial charge in [-0.15, -0.1) is 0 Å². The first kappa shape index (κ1) is 14.7. The summed E-state index contributed by atoms with van der Waals surface area (Å²) in [5, 5.41) is 9.22. The van der Waals surface area contributed by atoms with Crippen LogP contribution in [0.3, 0.4) is 0 Å². The minimum Gasteiger partial charge on any atom is -0.393 e. The molecular formula is C13H15BrF3NO. The average molecular weight is 338 g/mol. The Labute approximate surface area is 118 Å². The lowest BCUT2D eigenvalue weighted by molar-refractivity contribution is -0.137. The minimum atomic E-state index is -4.37. The monoisotopic (exact) mass is 337 g/mol. The van der Waals surface area contributed by atoms with E-state index in [4.69, 9.17) is 0 Å². The lowest BCUT2D eigenvalue weighted by atomic mass is 9.82. The van der Waals surface area contributed by atoms with Gasteiger partial charge in [0.25, 0.3) is 0 Å².